The molecule has 0 aliphatic carbocycles. The minimum atomic E-state index is -0.663. The van der Waals surface area contributed by atoms with Crippen molar-refractivity contribution < 1.29 is 14.5 Å². The van der Waals surface area contributed by atoms with Crippen LogP contribution in [0.5, 0.6) is 5.75 Å². The average molecular weight is 323 g/mol. The highest BCUT2D eigenvalue weighted by Crippen LogP contribution is 2.22. The Morgan fingerprint density at radius 1 is 1.29 bits per heavy atom. The van der Waals surface area contributed by atoms with E-state index in [9.17, 15) is 20.2 Å². The molecule has 0 aliphatic rings. The summed E-state index contributed by atoms with van der Waals surface area (Å²) in [7, 11) is 1.50. The van der Waals surface area contributed by atoms with Gasteiger partial charge in [-0.05, 0) is 24.3 Å². The highest BCUT2D eigenvalue weighted by atomic mass is 16.6. The van der Waals surface area contributed by atoms with Gasteiger partial charge < -0.3 is 10.1 Å². The van der Waals surface area contributed by atoms with Gasteiger partial charge in [-0.25, -0.2) is 0 Å². The highest BCUT2D eigenvalue weighted by molar-refractivity contribution is 6.10. The van der Waals surface area contributed by atoms with Gasteiger partial charge in [0.2, 0.25) is 0 Å². The molecule has 120 valence electrons. The molecule has 0 spiro atoms. The fraction of sp³-hybridized carbons (Fsp3) is 0.0588. The quantitative estimate of drug-likeness (QED) is 0.394. The monoisotopic (exact) mass is 323 g/mol. The van der Waals surface area contributed by atoms with Crippen LogP contribution in [0.4, 0.5) is 11.4 Å². The third-order valence-electron chi connectivity index (χ3n) is 3.13. The smallest absolute Gasteiger partial charge is 0.276 e. The summed E-state index contributed by atoms with van der Waals surface area (Å²) in [4.78, 5) is 22.6. The minimum Gasteiger partial charge on any atom is -0.497 e. The number of nitrogens with one attached hydrogen (secondary N) is 1. The van der Waals surface area contributed by atoms with Gasteiger partial charge in [-0.15, -0.1) is 0 Å². The average Bonchev–Trinajstić information content (AvgIpc) is 2.59. The molecular weight excluding hydrogens is 310 g/mol. The predicted molar refractivity (Wildman–Crippen MR) is 88.3 cm³/mol. The van der Waals surface area contributed by atoms with E-state index < -0.39 is 10.8 Å². The lowest BCUT2D eigenvalue weighted by molar-refractivity contribution is -0.385. The van der Waals surface area contributed by atoms with E-state index in [4.69, 9.17) is 4.74 Å². The first-order valence-electron chi connectivity index (χ1n) is 6.85. The summed E-state index contributed by atoms with van der Waals surface area (Å²) in [6, 6.07) is 14.3. The van der Waals surface area contributed by atoms with Gasteiger partial charge in [0.15, 0.2) is 0 Å². The number of benzene rings is 2. The Morgan fingerprint density at radius 2 is 2.04 bits per heavy atom. The number of amides is 1. The molecule has 24 heavy (non-hydrogen) atoms. The molecule has 0 saturated carbocycles. The first kappa shape index (κ1) is 16.7. The number of ether oxygens (including phenoxy) is 1. The highest BCUT2D eigenvalue weighted by Gasteiger charge is 2.15. The number of nitrogens with zero attached hydrogens (tertiary/aromatic N) is 2. The second kappa shape index (κ2) is 7.56. The largest absolute Gasteiger partial charge is 0.497 e. The Balaban J connectivity index is 2.29. The molecule has 0 aliphatic heterocycles. The number of nitro groups is 1. The van der Waals surface area contributed by atoms with E-state index in [0.29, 0.717) is 11.4 Å². The van der Waals surface area contributed by atoms with E-state index in [1.54, 1.807) is 36.4 Å². The summed E-state index contributed by atoms with van der Waals surface area (Å²) >= 11 is 0. The van der Waals surface area contributed by atoms with Crippen molar-refractivity contribution in [2.24, 2.45) is 0 Å². The zero-order valence-electron chi connectivity index (χ0n) is 12.7. The second-order valence-corrected chi connectivity index (χ2v) is 4.67. The SMILES string of the molecule is COc1cccc(NC(=O)C(C#N)=Cc2ccccc2[N+](=O)[O-])c1. The topological polar surface area (TPSA) is 105 Å². The fourth-order valence-electron chi connectivity index (χ4n) is 1.98. The zero-order chi connectivity index (χ0) is 17.5. The van der Waals surface area contributed by atoms with Crippen LogP contribution >= 0.6 is 0 Å². The van der Waals surface area contributed by atoms with Gasteiger partial charge in [0.05, 0.1) is 17.6 Å². The first-order valence-corrected chi connectivity index (χ1v) is 6.85. The maximum absolute atomic E-state index is 12.2. The van der Waals surface area contributed by atoms with Crippen molar-refractivity contribution in [3.63, 3.8) is 0 Å². The Morgan fingerprint density at radius 3 is 2.71 bits per heavy atom. The standard InChI is InChI=1S/C17H13N3O4/c1-24-15-7-4-6-14(10-15)19-17(21)13(11-18)9-12-5-2-3-8-16(12)20(22)23/h2-10H,1H3,(H,19,21). The summed E-state index contributed by atoms with van der Waals surface area (Å²) in [5, 5.41) is 22.8. The van der Waals surface area contributed by atoms with E-state index in [0.717, 1.165) is 0 Å². The molecule has 0 heterocycles. The van der Waals surface area contributed by atoms with Gasteiger partial charge in [-0.2, -0.15) is 5.26 Å². The molecule has 0 unspecified atom stereocenters. The molecule has 1 amide bonds. The fourth-order valence-corrected chi connectivity index (χ4v) is 1.98. The summed E-state index contributed by atoms with van der Waals surface area (Å²) in [5.41, 5.74) is 0.203. The molecule has 2 aromatic rings. The van der Waals surface area contributed by atoms with Gasteiger partial charge in [0, 0.05) is 17.8 Å². The van der Waals surface area contributed by atoms with Crippen molar-refractivity contribution >= 4 is 23.4 Å². The van der Waals surface area contributed by atoms with Gasteiger partial charge in [-0.1, -0.05) is 18.2 Å². The van der Waals surface area contributed by atoms with Crippen molar-refractivity contribution in [1.29, 1.82) is 5.26 Å². The summed E-state index contributed by atoms with van der Waals surface area (Å²) in [5.74, 6) is -0.113. The number of rotatable bonds is 5. The van der Waals surface area contributed by atoms with Crippen LogP contribution in [0.1, 0.15) is 5.56 Å². The molecule has 0 saturated heterocycles. The molecule has 2 rings (SSSR count). The number of nitriles is 1. The number of hydrogen-bond donors (Lipinski definition) is 1. The number of hydrogen-bond acceptors (Lipinski definition) is 5. The van der Waals surface area contributed by atoms with E-state index in [1.807, 2.05) is 0 Å². The third-order valence-corrected chi connectivity index (χ3v) is 3.13. The molecule has 0 atom stereocenters. The molecular formula is C17H13N3O4. The van der Waals surface area contributed by atoms with Crippen molar-refractivity contribution in [2.45, 2.75) is 0 Å². The number of anilines is 1. The van der Waals surface area contributed by atoms with Gasteiger partial charge >= 0.3 is 0 Å². The molecule has 1 N–H and O–H groups in total. The lowest BCUT2D eigenvalue weighted by atomic mass is 10.1. The normalized spacial score (nSPS) is 10.6. The van der Waals surface area contributed by atoms with Crippen molar-refractivity contribution in [1.82, 2.24) is 0 Å². The Labute approximate surface area is 137 Å². The Bertz CT molecular complexity index is 853. The van der Waals surface area contributed by atoms with Crippen LogP contribution in [-0.2, 0) is 4.79 Å². The molecule has 7 heteroatoms. The van der Waals surface area contributed by atoms with Gasteiger partial charge in [0.1, 0.15) is 17.4 Å². The summed E-state index contributed by atoms with van der Waals surface area (Å²) in [6.07, 6.45) is 1.19. The number of carbonyl (C=O) groups excluding carboxylic acids is 1. The molecule has 0 radical (unpaired) electrons. The lowest BCUT2D eigenvalue weighted by Crippen LogP contribution is -2.13. The lowest BCUT2D eigenvalue weighted by Gasteiger charge is -2.06. The first-order chi connectivity index (χ1) is 11.5. The summed E-state index contributed by atoms with van der Waals surface area (Å²) < 4.78 is 5.06. The van der Waals surface area contributed by atoms with Crippen LogP contribution < -0.4 is 10.1 Å². The number of nitro benzene ring substituents is 1. The van der Waals surface area contributed by atoms with Gasteiger partial charge in [-0.3, -0.25) is 14.9 Å². The van der Waals surface area contributed by atoms with Crippen molar-refractivity contribution in [3.8, 4) is 11.8 Å². The summed E-state index contributed by atoms with van der Waals surface area (Å²) in [6.45, 7) is 0. The Kier molecular flexibility index (Phi) is 5.26. The van der Waals surface area contributed by atoms with Crippen LogP contribution in [0.2, 0.25) is 0 Å². The molecule has 0 fully saturated rings. The minimum absolute atomic E-state index is 0.180. The number of methoxy groups -OCH3 is 1. The predicted octanol–water partition coefficient (Wildman–Crippen LogP) is 3.15. The van der Waals surface area contributed by atoms with E-state index in [-0.39, 0.29) is 16.8 Å². The molecule has 0 aromatic heterocycles. The van der Waals surface area contributed by atoms with Crippen molar-refractivity contribution in [3.05, 3.63) is 69.8 Å². The van der Waals surface area contributed by atoms with E-state index >= 15 is 0 Å². The van der Waals surface area contributed by atoms with E-state index in [2.05, 4.69) is 5.32 Å². The van der Waals surface area contributed by atoms with Crippen LogP contribution in [0, 0.1) is 21.4 Å². The van der Waals surface area contributed by atoms with Crippen LogP contribution in [0.3, 0.4) is 0 Å². The maximum atomic E-state index is 12.2. The van der Waals surface area contributed by atoms with Crippen LogP contribution in [0.25, 0.3) is 6.08 Å². The molecule has 0 bridgehead atoms. The van der Waals surface area contributed by atoms with Gasteiger partial charge in [0.25, 0.3) is 11.6 Å². The van der Waals surface area contributed by atoms with Crippen LogP contribution in [-0.4, -0.2) is 17.9 Å². The number of carbonyl (C=O) groups is 1. The number of para-hydroxylation sites is 1. The molecule has 2 aromatic carbocycles. The van der Waals surface area contributed by atoms with Crippen molar-refractivity contribution in [2.75, 3.05) is 12.4 Å². The third kappa shape index (κ3) is 3.96. The Hall–Kier alpha value is -3.66. The molecule has 7 nitrogen and oxygen atoms in total. The second-order valence-electron chi connectivity index (χ2n) is 4.67. The zero-order valence-corrected chi connectivity index (χ0v) is 12.7. The van der Waals surface area contributed by atoms with Crippen LogP contribution in [0.15, 0.2) is 54.1 Å². The van der Waals surface area contributed by atoms with E-state index in [1.165, 1.54) is 31.4 Å². The maximum Gasteiger partial charge on any atom is 0.276 e.